The molecule has 1 aromatic carbocycles. The number of nitrogens with one attached hydrogen (secondary N) is 1. The highest BCUT2D eigenvalue weighted by Gasteiger charge is 2.23. The van der Waals surface area contributed by atoms with E-state index in [0.29, 0.717) is 12.0 Å². The summed E-state index contributed by atoms with van der Waals surface area (Å²) in [5.41, 5.74) is 6.45. The number of carbonyl (C=O) groups is 2. The monoisotopic (exact) mass is 294 g/mol. The maximum absolute atomic E-state index is 11.9. The second-order valence-electron chi connectivity index (χ2n) is 5.51. The first-order valence-corrected chi connectivity index (χ1v) is 6.86. The molecule has 1 amide bonds. The van der Waals surface area contributed by atoms with Gasteiger partial charge in [-0.25, -0.2) is 4.79 Å². The summed E-state index contributed by atoms with van der Waals surface area (Å²) in [7, 11) is 0. The number of phenols is 1. The second kappa shape index (κ2) is 7.64. The molecular formula is C15H22N2O4. The molecule has 0 aliphatic carbocycles. The van der Waals surface area contributed by atoms with Gasteiger partial charge in [0.2, 0.25) is 5.91 Å². The Morgan fingerprint density at radius 1 is 1.24 bits per heavy atom. The highest BCUT2D eigenvalue weighted by molar-refractivity contribution is 5.86. The predicted octanol–water partition coefficient (Wildman–Crippen LogP) is 0.877. The zero-order chi connectivity index (χ0) is 16.0. The first kappa shape index (κ1) is 17.0. The molecule has 0 saturated heterocycles. The van der Waals surface area contributed by atoms with Crippen molar-refractivity contribution >= 4 is 11.9 Å². The molecule has 0 aliphatic rings. The van der Waals surface area contributed by atoms with E-state index in [9.17, 15) is 19.8 Å². The molecule has 0 unspecified atom stereocenters. The summed E-state index contributed by atoms with van der Waals surface area (Å²) in [5, 5.41) is 20.9. The largest absolute Gasteiger partial charge is 0.508 e. The fourth-order valence-corrected chi connectivity index (χ4v) is 1.96. The van der Waals surface area contributed by atoms with Gasteiger partial charge in [0, 0.05) is 6.42 Å². The Labute approximate surface area is 124 Å². The molecule has 0 spiro atoms. The summed E-state index contributed by atoms with van der Waals surface area (Å²) in [5.74, 6) is -1.22. The number of amides is 1. The van der Waals surface area contributed by atoms with Gasteiger partial charge in [-0.15, -0.1) is 0 Å². The van der Waals surface area contributed by atoms with E-state index >= 15 is 0 Å². The quantitative estimate of drug-likeness (QED) is 0.596. The lowest BCUT2D eigenvalue weighted by Gasteiger charge is -2.19. The van der Waals surface area contributed by atoms with Crippen LogP contribution >= 0.6 is 0 Å². The second-order valence-corrected chi connectivity index (χ2v) is 5.51. The van der Waals surface area contributed by atoms with Crippen LogP contribution in [0, 0.1) is 5.92 Å². The number of nitrogens with two attached hydrogens (primary N) is 1. The summed E-state index contributed by atoms with van der Waals surface area (Å²) < 4.78 is 0. The molecule has 1 rings (SSSR count). The van der Waals surface area contributed by atoms with Crippen LogP contribution in [0.15, 0.2) is 24.3 Å². The average Bonchev–Trinajstić information content (AvgIpc) is 2.39. The third-order valence-corrected chi connectivity index (χ3v) is 3.05. The number of carboxylic acids is 1. The first-order valence-electron chi connectivity index (χ1n) is 6.86. The fraction of sp³-hybridized carbons (Fsp3) is 0.467. The smallest absolute Gasteiger partial charge is 0.326 e. The average molecular weight is 294 g/mol. The van der Waals surface area contributed by atoms with Crippen LogP contribution in [0.3, 0.4) is 0 Å². The number of hydrogen-bond donors (Lipinski definition) is 4. The Morgan fingerprint density at radius 2 is 1.81 bits per heavy atom. The third-order valence-electron chi connectivity index (χ3n) is 3.05. The van der Waals surface area contributed by atoms with E-state index in [1.165, 1.54) is 12.1 Å². The van der Waals surface area contributed by atoms with Crippen molar-refractivity contribution in [1.29, 1.82) is 0 Å². The van der Waals surface area contributed by atoms with E-state index < -0.39 is 24.0 Å². The van der Waals surface area contributed by atoms with Crippen LogP contribution in [0.4, 0.5) is 0 Å². The van der Waals surface area contributed by atoms with Crippen molar-refractivity contribution in [3.05, 3.63) is 29.8 Å². The molecule has 0 aromatic heterocycles. The minimum Gasteiger partial charge on any atom is -0.508 e. The number of hydrogen-bond acceptors (Lipinski definition) is 4. The molecule has 0 bridgehead atoms. The molecule has 116 valence electrons. The lowest BCUT2D eigenvalue weighted by atomic mass is 10.0. The Bertz CT molecular complexity index is 485. The Hall–Kier alpha value is -2.08. The van der Waals surface area contributed by atoms with Gasteiger partial charge in [0.15, 0.2) is 0 Å². The zero-order valence-electron chi connectivity index (χ0n) is 12.2. The molecule has 2 atom stereocenters. The van der Waals surface area contributed by atoms with Crippen molar-refractivity contribution in [2.24, 2.45) is 11.7 Å². The normalized spacial score (nSPS) is 13.7. The number of phenolic OH excluding ortho intramolecular Hbond substituents is 1. The molecular weight excluding hydrogens is 272 g/mol. The van der Waals surface area contributed by atoms with Gasteiger partial charge in [0.25, 0.3) is 0 Å². The van der Waals surface area contributed by atoms with Gasteiger partial charge in [0.05, 0.1) is 6.04 Å². The van der Waals surface area contributed by atoms with E-state index in [1.807, 2.05) is 13.8 Å². The topological polar surface area (TPSA) is 113 Å². The molecule has 5 N–H and O–H groups in total. The third kappa shape index (κ3) is 5.83. The van der Waals surface area contributed by atoms with Crippen molar-refractivity contribution in [1.82, 2.24) is 5.32 Å². The van der Waals surface area contributed by atoms with Gasteiger partial charge < -0.3 is 21.3 Å². The van der Waals surface area contributed by atoms with Crippen LogP contribution in [0.2, 0.25) is 0 Å². The maximum atomic E-state index is 11.9. The van der Waals surface area contributed by atoms with Gasteiger partial charge in [-0.2, -0.15) is 0 Å². The van der Waals surface area contributed by atoms with Crippen LogP contribution in [-0.4, -0.2) is 34.2 Å². The summed E-state index contributed by atoms with van der Waals surface area (Å²) in [6.45, 7) is 3.89. The van der Waals surface area contributed by atoms with E-state index in [4.69, 9.17) is 5.73 Å². The van der Waals surface area contributed by atoms with E-state index in [2.05, 4.69) is 5.32 Å². The van der Waals surface area contributed by atoms with Crippen molar-refractivity contribution in [3.8, 4) is 5.75 Å². The van der Waals surface area contributed by atoms with E-state index in [1.54, 1.807) is 12.1 Å². The molecule has 6 heteroatoms. The molecule has 0 heterocycles. The van der Waals surface area contributed by atoms with Gasteiger partial charge in [-0.05, 0) is 30.0 Å². The zero-order valence-corrected chi connectivity index (χ0v) is 12.2. The number of rotatable bonds is 7. The maximum Gasteiger partial charge on any atom is 0.326 e. The molecule has 6 nitrogen and oxygen atoms in total. The van der Waals surface area contributed by atoms with Crippen LogP contribution in [-0.2, 0) is 16.0 Å². The Morgan fingerprint density at radius 3 is 2.29 bits per heavy atom. The number of aliphatic carboxylic acids is 1. The molecule has 0 aliphatic heterocycles. The van der Waals surface area contributed by atoms with Crippen LogP contribution < -0.4 is 11.1 Å². The van der Waals surface area contributed by atoms with Crippen molar-refractivity contribution in [3.63, 3.8) is 0 Å². The van der Waals surface area contributed by atoms with Crippen molar-refractivity contribution in [2.75, 3.05) is 0 Å². The van der Waals surface area contributed by atoms with Gasteiger partial charge in [-0.3, -0.25) is 4.79 Å². The lowest BCUT2D eigenvalue weighted by Crippen LogP contribution is -2.49. The fourth-order valence-electron chi connectivity index (χ4n) is 1.96. The number of aromatic hydroxyl groups is 1. The summed E-state index contributed by atoms with van der Waals surface area (Å²) in [4.78, 5) is 23.1. The highest BCUT2D eigenvalue weighted by Crippen LogP contribution is 2.12. The summed E-state index contributed by atoms with van der Waals surface area (Å²) in [6.07, 6.45) is 0.632. The first-order chi connectivity index (χ1) is 9.79. The summed E-state index contributed by atoms with van der Waals surface area (Å²) >= 11 is 0. The van der Waals surface area contributed by atoms with E-state index in [-0.39, 0.29) is 18.1 Å². The summed E-state index contributed by atoms with van der Waals surface area (Å²) in [6, 6.07) is 4.42. The molecule has 0 fully saturated rings. The minimum atomic E-state index is -1.12. The predicted molar refractivity (Wildman–Crippen MR) is 78.8 cm³/mol. The number of carboxylic acid groups (broad SMARTS) is 1. The van der Waals surface area contributed by atoms with Crippen LogP contribution in [0.25, 0.3) is 0 Å². The van der Waals surface area contributed by atoms with Gasteiger partial charge in [-0.1, -0.05) is 26.0 Å². The van der Waals surface area contributed by atoms with Gasteiger partial charge >= 0.3 is 5.97 Å². The van der Waals surface area contributed by atoms with Crippen LogP contribution in [0.1, 0.15) is 25.8 Å². The lowest BCUT2D eigenvalue weighted by molar-refractivity contribution is -0.142. The molecule has 0 saturated carbocycles. The van der Waals surface area contributed by atoms with Crippen molar-refractivity contribution in [2.45, 2.75) is 38.8 Å². The van der Waals surface area contributed by atoms with E-state index in [0.717, 1.165) is 0 Å². The highest BCUT2D eigenvalue weighted by atomic mass is 16.4. The molecule has 21 heavy (non-hydrogen) atoms. The number of benzene rings is 1. The standard InChI is InChI=1S/C15H22N2O4/c1-9(2)7-12(16)14(19)17-13(15(20)21)8-10-3-5-11(18)6-4-10/h3-6,9,12-13,18H,7-8,16H2,1-2H3,(H,17,19)(H,20,21)/t12-,13-/m0/s1. The minimum absolute atomic E-state index is 0.105. The van der Waals surface area contributed by atoms with Crippen molar-refractivity contribution < 1.29 is 19.8 Å². The Kier molecular flexibility index (Phi) is 6.17. The van der Waals surface area contributed by atoms with Gasteiger partial charge in [0.1, 0.15) is 11.8 Å². The Balaban J connectivity index is 2.67. The molecule has 0 radical (unpaired) electrons. The SMILES string of the molecule is CC(C)C[C@H](N)C(=O)N[C@@H](Cc1ccc(O)cc1)C(=O)O. The number of carbonyl (C=O) groups excluding carboxylic acids is 1. The van der Waals surface area contributed by atoms with Crippen LogP contribution in [0.5, 0.6) is 5.75 Å². The molecule has 1 aromatic rings.